The highest BCUT2D eigenvalue weighted by Gasteiger charge is 2.25. The summed E-state index contributed by atoms with van der Waals surface area (Å²) in [5.74, 6) is -0.202. The third-order valence-corrected chi connectivity index (χ3v) is 2.97. The van der Waals surface area contributed by atoms with E-state index < -0.39 is 0 Å². The number of carbonyl (C=O) groups excluding carboxylic acids is 1. The van der Waals surface area contributed by atoms with E-state index in [1.807, 2.05) is 0 Å². The third-order valence-electron chi connectivity index (χ3n) is 2.97. The van der Waals surface area contributed by atoms with Crippen molar-refractivity contribution in [3.05, 3.63) is 24.0 Å². The van der Waals surface area contributed by atoms with E-state index in [4.69, 9.17) is 5.73 Å². The summed E-state index contributed by atoms with van der Waals surface area (Å²) in [5.41, 5.74) is 6.40. The molecule has 1 aromatic heterocycles. The Hall–Kier alpha value is -1.62. The van der Waals surface area contributed by atoms with Gasteiger partial charge in [-0.2, -0.15) is 0 Å². The van der Waals surface area contributed by atoms with Crippen molar-refractivity contribution in [2.45, 2.75) is 18.9 Å². The number of nitrogens with one attached hydrogen (secondary N) is 1. The molecule has 1 aliphatic rings. The van der Waals surface area contributed by atoms with E-state index in [1.165, 1.54) is 12.8 Å². The largest absolute Gasteiger partial charge is 0.397 e. The van der Waals surface area contributed by atoms with Gasteiger partial charge in [-0.1, -0.05) is 0 Å². The van der Waals surface area contributed by atoms with Crippen LogP contribution in [-0.4, -0.2) is 42.0 Å². The summed E-state index contributed by atoms with van der Waals surface area (Å²) in [6.45, 7) is 1.49. The number of nitrogens with zero attached hydrogens (tertiary/aromatic N) is 2. The molecule has 1 amide bonds. The molecule has 1 aromatic rings. The molecule has 3 N–H and O–H groups in total. The Morgan fingerprint density at radius 2 is 2.41 bits per heavy atom. The van der Waals surface area contributed by atoms with E-state index in [-0.39, 0.29) is 5.91 Å². The standard InChI is InChI=1S/C12H18N4O/c1-16(9-4-5-9)8-7-15-12(17)11-10(13)3-2-6-14-11/h2-3,6,9H,4-5,7-8,13H2,1H3,(H,15,17). The molecule has 0 unspecified atom stereocenters. The van der Waals surface area contributed by atoms with Crippen LogP contribution in [0.1, 0.15) is 23.3 Å². The van der Waals surface area contributed by atoms with E-state index in [0.717, 1.165) is 6.54 Å². The summed E-state index contributed by atoms with van der Waals surface area (Å²) in [6, 6.07) is 4.11. The molecular weight excluding hydrogens is 216 g/mol. The molecule has 0 saturated heterocycles. The molecule has 1 heterocycles. The molecule has 0 bridgehead atoms. The maximum absolute atomic E-state index is 11.8. The van der Waals surface area contributed by atoms with Crippen molar-refractivity contribution in [1.82, 2.24) is 15.2 Å². The number of aromatic nitrogens is 1. The van der Waals surface area contributed by atoms with Crippen molar-refractivity contribution in [2.75, 3.05) is 25.9 Å². The van der Waals surface area contributed by atoms with Crippen LogP contribution in [0, 0.1) is 0 Å². The monoisotopic (exact) mass is 234 g/mol. The maximum Gasteiger partial charge on any atom is 0.272 e. The van der Waals surface area contributed by atoms with Crippen LogP contribution in [0.25, 0.3) is 0 Å². The second-order valence-corrected chi connectivity index (χ2v) is 4.41. The SMILES string of the molecule is CN(CCNC(=O)c1ncccc1N)C1CC1. The quantitative estimate of drug-likeness (QED) is 0.777. The Bertz CT molecular complexity index is 403. The van der Waals surface area contributed by atoms with Gasteiger partial charge in [-0.05, 0) is 32.0 Å². The van der Waals surface area contributed by atoms with Gasteiger partial charge in [0.2, 0.25) is 0 Å². The molecule has 17 heavy (non-hydrogen) atoms. The minimum absolute atomic E-state index is 0.202. The van der Waals surface area contributed by atoms with Crippen LogP contribution < -0.4 is 11.1 Å². The first-order valence-electron chi connectivity index (χ1n) is 5.87. The fourth-order valence-electron chi connectivity index (χ4n) is 1.73. The van der Waals surface area contributed by atoms with Crippen LogP contribution in [0.15, 0.2) is 18.3 Å². The first-order chi connectivity index (χ1) is 8.18. The van der Waals surface area contributed by atoms with Gasteiger partial charge in [-0.15, -0.1) is 0 Å². The van der Waals surface area contributed by atoms with Gasteiger partial charge in [0.05, 0.1) is 5.69 Å². The van der Waals surface area contributed by atoms with Crippen LogP contribution >= 0.6 is 0 Å². The summed E-state index contributed by atoms with van der Waals surface area (Å²) >= 11 is 0. The topological polar surface area (TPSA) is 71.2 Å². The second-order valence-electron chi connectivity index (χ2n) is 4.41. The molecule has 0 atom stereocenters. The van der Waals surface area contributed by atoms with Crippen molar-refractivity contribution in [1.29, 1.82) is 0 Å². The first kappa shape index (κ1) is 11.9. The van der Waals surface area contributed by atoms with Crippen molar-refractivity contribution < 1.29 is 4.79 Å². The molecule has 2 rings (SSSR count). The molecular formula is C12H18N4O. The molecule has 5 heteroatoms. The maximum atomic E-state index is 11.8. The number of pyridine rings is 1. The van der Waals surface area contributed by atoms with Gasteiger partial charge >= 0.3 is 0 Å². The van der Waals surface area contributed by atoms with Crippen molar-refractivity contribution in [3.8, 4) is 0 Å². The molecule has 0 radical (unpaired) electrons. The van der Waals surface area contributed by atoms with E-state index in [9.17, 15) is 4.79 Å². The summed E-state index contributed by atoms with van der Waals surface area (Å²) in [7, 11) is 2.08. The van der Waals surface area contributed by atoms with Gasteiger partial charge < -0.3 is 16.0 Å². The van der Waals surface area contributed by atoms with Crippen LogP contribution in [0.4, 0.5) is 5.69 Å². The van der Waals surface area contributed by atoms with Crippen molar-refractivity contribution in [3.63, 3.8) is 0 Å². The van der Waals surface area contributed by atoms with E-state index in [0.29, 0.717) is 24.0 Å². The molecule has 0 spiro atoms. The minimum Gasteiger partial charge on any atom is -0.397 e. The summed E-state index contributed by atoms with van der Waals surface area (Å²) in [5, 5.41) is 2.83. The predicted molar refractivity (Wildman–Crippen MR) is 66.6 cm³/mol. The van der Waals surface area contributed by atoms with Crippen LogP contribution in [0.5, 0.6) is 0 Å². The molecule has 92 valence electrons. The number of amides is 1. The van der Waals surface area contributed by atoms with E-state index >= 15 is 0 Å². The summed E-state index contributed by atoms with van der Waals surface area (Å²) in [4.78, 5) is 18.0. The van der Waals surface area contributed by atoms with E-state index in [1.54, 1.807) is 18.3 Å². The van der Waals surface area contributed by atoms with Gasteiger partial charge in [0.15, 0.2) is 5.69 Å². The fraction of sp³-hybridized carbons (Fsp3) is 0.500. The molecule has 1 fully saturated rings. The zero-order valence-electron chi connectivity index (χ0n) is 10.0. The fourth-order valence-corrected chi connectivity index (χ4v) is 1.73. The van der Waals surface area contributed by atoms with Crippen molar-refractivity contribution in [2.24, 2.45) is 0 Å². The van der Waals surface area contributed by atoms with Gasteiger partial charge in [-0.3, -0.25) is 4.79 Å². The number of anilines is 1. The zero-order chi connectivity index (χ0) is 12.3. The van der Waals surface area contributed by atoms with Gasteiger partial charge in [0, 0.05) is 25.3 Å². The smallest absolute Gasteiger partial charge is 0.272 e. The van der Waals surface area contributed by atoms with Gasteiger partial charge in [0.25, 0.3) is 5.91 Å². The summed E-state index contributed by atoms with van der Waals surface area (Å²) in [6.07, 6.45) is 4.12. The zero-order valence-corrected chi connectivity index (χ0v) is 10.0. The van der Waals surface area contributed by atoms with Crippen LogP contribution in [0.2, 0.25) is 0 Å². The van der Waals surface area contributed by atoms with Gasteiger partial charge in [0.1, 0.15) is 0 Å². The van der Waals surface area contributed by atoms with Crippen LogP contribution in [-0.2, 0) is 0 Å². The number of nitrogens with two attached hydrogens (primary N) is 1. The highest BCUT2D eigenvalue weighted by Crippen LogP contribution is 2.24. The lowest BCUT2D eigenvalue weighted by Crippen LogP contribution is -2.34. The Labute approximate surface area is 101 Å². The second kappa shape index (κ2) is 5.14. The Kier molecular flexibility index (Phi) is 3.58. The van der Waals surface area contributed by atoms with Crippen LogP contribution in [0.3, 0.4) is 0 Å². The number of hydrogen-bond acceptors (Lipinski definition) is 4. The number of nitrogen functional groups attached to an aromatic ring is 1. The predicted octanol–water partition coefficient (Wildman–Crippen LogP) is 0.488. The Balaban J connectivity index is 1.79. The lowest BCUT2D eigenvalue weighted by atomic mass is 10.3. The summed E-state index contributed by atoms with van der Waals surface area (Å²) < 4.78 is 0. The lowest BCUT2D eigenvalue weighted by Gasteiger charge is -2.15. The molecule has 1 saturated carbocycles. The lowest BCUT2D eigenvalue weighted by molar-refractivity contribution is 0.0945. The van der Waals surface area contributed by atoms with E-state index in [2.05, 4.69) is 22.2 Å². The average molecular weight is 234 g/mol. The van der Waals surface area contributed by atoms with Crippen molar-refractivity contribution >= 4 is 11.6 Å². The average Bonchev–Trinajstić information content (AvgIpc) is 3.13. The highest BCUT2D eigenvalue weighted by atomic mass is 16.1. The molecule has 5 nitrogen and oxygen atoms in total. The number of carbonyl (C=O) groups is 1. The van der Waals surface area contributed by atoms with Gasteiger partial charge in [-0.25, -0.2) is 4.98 Å². The Morgan fingerprint density at radius 3 is 3.06 bits per heavy atom. The minimum atomic E-state index is -0.202. The third kappa shape index (κ3) is 3.17. The first-order valence-corrected chi connectivity index (χ1v) is 5.87. The number of likely N-dealkylation sites (N-methyl/N-ethyl adjacent to an activating group) is 1. The number of hydrogen-bond donors (Lipinski definition) is 2. The molecule has 0 aliphatic heterocycles. The normalized spacial score (nSPS) is 14.9. The number of rotatable bonds is 5. The molecule has 0 aromatic carbocycles. The highest BCUT2D eigenvalue weighted by molar-refractivity contribution is 5.96. The molecule has 1 aliphatic carbocycles. The Morgan fingerprint density at radius 1 is 1.65 bits per heavy atom.